The molecule has 1 atom stereocenters. The van der Waals surface area contributed by atoms with Crippen LogP contribution in [-0.4, -0.2) is 64.2 Å². The molecule has 0 N–H and O–H groups in total. The second-order valence-corrected chi connectivity index (χ2v) is 9.45. The summed E-state index contributed by atoms with van der Waals surface area (Å²) in [5, 5.41) is 11.5. The van der Waals surface area contributed by atoms with Gasteiger partial charge in [0.25, 0.3) is 5.91 Å². The van der Waals surface area contributed by atoms with Crippen LogP contribution >= 0.6 is 0 Å². The number of morpholine rings is 1. The van der Waals surface area contributed by atoms with Gasteiger partial charge >= 0.3 is 0 Å². The van der Waals surface area contributed by atoms with Gasteiger partial charge in [0.05, 0.1) is 37.4 Å². The molecule has 1 fully saturated rings. The Hall–Kier alpha value is -4.01. The highest BCUT2D eigenvalue weighted by atomic mass is 16.5. The molecule has 0 aliphatic carbocycles. The summed E-state index contributed by atoms with van der Waals surface area (Å²) < 4.78 is 13.1. The average Bonchev–Trinajstić information content (AvgIpc) is 3.70. The third-order valence-corrected chi connectivity index (χ3v) is 6.87. The van der Waals surface area contributed by atoms with Crippen LogP contribution in [0.15, 0.2) is 88.7 Å². The molecule has 0 bridgehead atoms. The summed E-state index contributed by atoms with van der Waals surface area (Å²) >= 11 is 0. The Bertz CT molecular complexity index is 1390. The van der Waals surface area contributed by atoms with Crippen LogP contribution in [-0.2, 0) is 9.53 Å². The molecule has 0 saturated carbocycles. The highest BCUT2D eigenvalue weighted by Crippen LogP contribution is 2.36. The molecule has 4 aromatic rings. The van der Waals surface area contributed by atoms with Crippen molar-refractivity contribution in [1.82, 2.24) is 19.7 Å². The lowest BCUT2D eigenvalue weighted by Gasteiger charge is -2.28. The fraction of sp³-hybridized carbons (Fsp3) is 0.276. The number of carbonyl (C=O) groups is 1. The molecule has 1 saturated heterocycles. The first-order valence-corrected chi connectivity index (χ1v) is 12.6. The number of furan rings is 1. The van der Waals surface area contributed by atoms with Crippen molar-refractivity contribution in [2.45, 2.75) is 19.4 Å². The normalized spacial score (nSPS) is 18.2. The minimum absolute atomic E-state index is 0.0503. The van der Waals surface area contributed by atoms with Gasteiger partial charge in [0.15, 0.2) is 0 Å². The van der Waals surface area contributed by atoms with E-state index in [9.17, 15) is 4.79 Å². The van der Waals surface area contributed by atoms with E-state index in [-0.39, 0.29) is 11.9 Å². The molecule has 37 heavy (non-hydrogen) atoms. The second kappa shape index (κ2) is 10.2. The molecule has 8 nitrogen and oxygen atoms in total. The minimum Gasteiger partial charge on any atom is -0.467 e. The van der Waals surface area contributed by atoms with E-state index in [2.05, 4.69) is 36.1 Å². The summed E-state index contributed by atoms with van der Waals surface area (Å²) in [6.45, 7) is 5.13. The van der Waals surface area contributed by atoms with Crippen LogP contribution in [0.2, 0.25) is 0 Å². The molecule has 4 heterocycles. The van der Waals surface area contributed by atoms with E-state index in [1.54, 1.807) is 11.3 Å². The standard InChI is InChI=1S/C29H29N5O3/c1-21-9-11-22(12-10-21)29-24(19-33(31-29)23-6-3-2-4-7-23)25-18-26(27-8-5-15-37-27)34(30-25)28(35)20-32-13-16-36-17-14-32/h2-12,15,19,26H,13-14,16-18,20H2,1H3. The number of aryl methyl sites for hydroxylation is 1. The van der Waals surface area contributed by atoms with Gasteiger partial charge in [-0.25, -0.2) is 9.69 Å². The Kier molecular flexibility index (Phi) is 6.42. The number of para-hydroxylation sites is 1. The van der Waals surface area contributed by atoms with Gasteiger partial charge in [-0.15, -0.1) is 0 Å². The third kappa shape index (κ3) is 4.85. The predicted octanol–water partition coefficient (Wildman–Crippen LogP) is 4.45. The zero-order chi connectivity index (χ0) is 25.2. The molecule has 188 valence electrons. The number of hydrogen-bond acceptors (Lipinski definition) is 6. The monoisotopic (exact) mass is 495 g/mol. The molecule has 0 radical (unpaired) electrons. The molecular formula is C29H29N5O3. The smallest absolute Gasteiger partial charge is 0.257 e. The zero-order valence-corrected chi connectivity index (χ0v) is 20.8. The molecule has 2 aliphatic rings. The van der Waals surface area contributed by atoms with Crippen molar-refractivity contribution in [3.8, 4) is 16.9 Å². The summed E-state index contributed by atoms with van der Waals surface area (Å²) in [6.07, 6.45) is 4.20. The summed E-state index contributed by atoms with van der Waals surface area (Å²) in [6, 6.07) is 21.8. The Morgan fingerprint density at radius 2 is 1.78 bits per heavy atom. The van der Waals surface area contributed by atoms with Gasteiger partial charge in [0, 0.05) is 36.8 Å². The van der Waals surface area contributed by atoms with Gasteiger partial charge in [0.1, 0.15) is 17.5 Å². The summed E-state index contributed by atoms with van der Waals surface area (Å²) in [5.41, 5.74) is 5.71. The lowest BCUT2D eigenvalue weighted by atomic mass is 9.99. The Balaban J connectivity index is 1.39. The molecule has 1 amide bonds. The Labute approximate surface area is 215 Å². The number of rotatable bonds is 6. The van der Waals surface area contributed by atoms with Crippen molar-refractivity contribution in [3.05, 3.63) is 96.1 Å². The maximum Gasteiger partial charge on any atom is 0.257 e. The van der Waals surface area contributed by atoms with E-state index in [4.69, 9.17) is 19.4 Å². The van der Waals surface area contributed by atoms with Crippen molar-refractivity contribution in [1.29, 1.82) is 0 Å². The number of carbonyl (C=O) groups excluding carboxylic acids is 1. The molecular weight excluding hydrogens is 466 g/mol. The van der Waals surface area contributed by atoms with Crippen molar-refractivity contribution >= 4 is 11.6 Å². The number of ether oxygens (including phenoxy) is 1. The molecule has 0 spiro atoms. The number of benzene rings is 2. The average molecular weight is 496 g/mol. The van der Waals surface area contributed by atoms with E-state index >= 15 is 0 Å². The number of hydrazone groups is 1. The van der Waals surface area contributed by atoms with Crippen molar-refractivity contribution in [3.63, 3.8) is 0 Å². The SMILES string of the molecule is Cc1ccc(-c2nn(-c3ccccc3)cc2C2=NN(C(=O)CN3CCOCC3)C(c3ccco3)C2)cc1. The van der Waals surface area contributed by atoms with Crippen molar-refractivity contribution < 1.29 is 13.9 Å². The fourth-order valence-electron chi connectivity index (χ4n) is 4.85. The quantitative estimate of drug-likeness (QED) is 0.395. The van der Waals surface area contributed by atoms with E-state index < -0.39 is 0 Å². The molecule has 1 unspecified atom stereocenters. The fourth-order valence-corrected chi connectivity index (χ4v) is 4.85. The van der Waals surface area contributed by atoms with Crippen LogP contribution < -0.4 is 0 Å². The van der Waals surface area contributed by atoms with E-state index in [1.165, 1.54) is 5.56 Å². The lowest BCUT2D eigenvalue weighted by molar-refractivity contribution is -0.135. The van der Waals surface area contributed by atoms with Gasteiger partial charge in [0.2, 0.25) is 0 Å². The number of amides is 1. The first-order chi connectivity index (χ1) is 18.2. The van der Waals surface area contributed by atoms with Gasteiger partial charge in [-0.1, -0.05) is 48.0 Å². The van der Waals surface area contributed by atoms with Crippen LogP contribution in [0.5, 0.6) is 0 Å². The van der Waals surface area contributed by atoms with Crippen LogP contribution in [0, 0.1) is 6.92 Å². The largest absolute Gasteiger partial charge is 0.467 e. The van der Waals surface area contributed by atoms with Gasteiger partial charge < -0.3 is 9.15 Å². The van der Waals surface area contributed by atoms with Crippen molar-refractivity contribution in [2.24, 2.45) is 5.10 Å². The molecule has 8 heteroatoms. The summed E-state index contributed by atoms with van der Waals surface area (Å²) in [5.74, 6) is 0.673. The third-order valence-electron chi connectivity index (χ3n) is 6.87. The van der Waals surface area contributed by atoms with E-state index in [0.717, 1.165) is 47.1 Å². The first-order valence-electron chi connectivity index (χ1n) is 12.6. The first kappa shape index (κ1) is 23.4. The molecule has 2 aromatic heterocycles. The van der Waals surface area contributed by atoms with Crippen LogP contribution in [0.3, 0.4) is 0 Å². The zero-order valence-electron chi connectivity index (χ0n) is 20.8. The molecule has 6 rings (SSSR count). The highest BCUT2D eigenvalue weighted by molar-refractivity contribution is 6.07. The minimum atomic E-state index is -0.301. The maximum absolute atomic E-state index is 13.5. The second-order valence-electron chi connectivity index (χ2n) is 9.45. The van der Waals surface area contributed by atoms with Crippen LogP contribution in [0.25, 0.3) is 16.9 Å². The lowest BCUT2D eigenvalue weighted by Crippen LogP contribution is -2.43. The van der Waals surface area contributed by atoms with Gasteiger partial charge in [-0.05, 0) is 31.2 Å². The van der Waals surface area contributed by atoms with Crippen molar-refractivity contribution in [2.75, 3.05) is 32.8 Å². The maximum atomic E-state index is 13.5. The number of aromatic nitrogens is 2. The number of nitrogens with zero attached hydrogens (tertiary/aromatic N) is 5. The molecule has 2 aromatic carbocycles. The summed E-state index contributed by atoms with van der Waals surface area (Å²) in [7, 11) is 0. The van der Waals surface area contributed by atoms with Crippen LogP contribution in [0.4, 0.5) is 0 Å². The Morgan fingerprint density at radius 1 is 1.00 bits per heavy atom. The van der Waals surface area contributed by atoms with Gasteiger partial charge in [-0.3, -0.25) is 9.69 Å². The van der Waals surface area contributed by atoms with Crippen LogP contribution in [0.1, 0.15) is 29.3 Å². The van der Waals surface area contributed by atoms with Gasteiger partial charge in [-0.2, -0.15) is 10.2 Å². The Morgan fingerprint density at radius 3 is 2.51 bits per heavy atom. The number of hydrogen-bond donors (Lipinski definition) is 0. The van der Waals surface area contributed by atoms with E-state index in [0.29, 0.717) is 26.2 Å². The topological polar surface area (TPSA) is 76.1 Å². The highest BCUT2D eigenvalue weighted by Gasteiger charge is 2.37. The summed E-state index contributed by atoms with van der Waals surface area (Å²) in [4.78, 5) is 15.6. The van der Waals surface area contributed by atoms with E-state index in [1.807, 2.05) is 53.3 Å². The predicted molar refractivity (Wildman–Crippen MR) is 140 cm³/mol. The molecule has 2 aliphatic heterocycles.